The Hall–Kier alpha value is -1.64. The predicted octanol–water partition coefficient (Wildman–Crippen LogP) is 1.07. The number of aliphatic hydroxyl groups excluding tert-OH is 1. The molecule has 1 rings (SSSR count). The highest BCUT2D eigenvalue weighted by Crippen LogP contribution is 2.10. The molecule has 3 N–H and O–H groups in total. The van der Waals surface area contributed by atoms with Gasteiger partial charge in [0.1, 0.15) is 5.60 Å². The molecule has 1 aromatic rings. The third-order valence-electron chi connectivity index (χ3n) is 3.18. The van der Waals surface area contributed by atoms with E-state index in [0.717, 1.165) is 11.8 Å². The fraction of sp³-hybridized carbons (Fsp3) is 0.588. The van der Waals surface area contributed by atoms with Gasteiger partial charge in [0.15, 0.2) is 9.84 Å². The summed E-state index contributed by atoms with van der Waals surface area (Å²) in [5.74, 6) is -0.242. The van der Waals surface area contributed by atoms with Crippen molar-refractivity contribution in [3.05, 3.63) is 35.9 Å². The van der Waals surface area contributed by atoms with Crippen LogP contribution in [-0.2, 0) is 21.0 Å². The van der Waals surface area contributed by atoms with Gasteiger partial charge in [-0.15, -0.1) is 0 Å². The first kappa shape index (κ1) is 21.4. The standard InChI is InChI=1S/C17H28N2O5S/c1-17(2,3)24-16(21)19-14(10-13-8-6-5-7-9-13)15(20)11-18-12-25(4,22)23/h5-9,14-15,18,20H,10-12H2,1-4H3,(H,19,21)/t14-,15+/m1/s1. The lowest BCUT2D eigenvalue weighted by atomic mass is 10.0. The second-order valence-corrected chi connectivity index (χ2v) is 9.17. The maximum absolute atomic E-state index is 12.0. The largest absolute Gasteiger partial charge is 0.444 e. The number of amides is 1. The summed E-state index contributed by atoms with van der Waals surface area (Å²) in [7, 11) is -3.19. The van der Waals surface area contributed by atoms with Gasteiger partial charge < -0.3 is 20.5 Å². The molecule has 0 unspecified atom stereocenters. The Morgan fingerprint density at radius 2 is 1.84 bits per heavy atom. The molecular weight excluding hydrogens is 344 g/mol. The van der Waals surface area contributed by atoms with E-state index in [1.165, 1.54) is 0 Å². The molecule has 0 aliphatic heterocycles. The van der Waals surface area contributed by atoms with Crippen LogP contribution >= 0.6 is 0 Å². The van der Waals surface area contributed by atoms with Crippen molar-refractivity contribution >= 4 is 15.9 Å². The van der Waals surface area contributed by atoms with Gasteiger partial charge >= 0.3 is 6.09 Å². The second-order valence-electron chi connectivity index (χ2n) is 7.03. The van der Waals surface area contributed by atoms with E-state index >= 15 is 0 Å². The first-order valence-corrected chi connectivity index (χ1v) is 10.1. The van der Waals surface area contributed by atoms with Crippen LogP contribution in [0.4, 0.5) is 4.79 Å². The highest BCUT2D eigenvalue weighted by molar-refractivity contribution is 7.90. The first-order valence-electron chi connectivity index (χ1n) is 8.06. The minimum Gasteiger partial charge on any atom is -0.444 e. The van der Waals surface area contributed by atoms with Crippen LogP contribution in [0.15, 0.2) is 30.3 Å². The van der Waals surface area contributed by atoms with E-state index in [0.29, 0.717) is 6.42 Å². The molecule has 7 nitrogen and oxygen atoms in total. The van der Waals surface area contributed by atoms with Crippen molar-refractivity contribution in [1.82, 2.24) is 10.6 Å². The van der Waals surface area contributed by atoms with Gasteiger partial charge in [-0.05, 0) is 32.8 Å². The predicted molar refractivity (Wildman–Crippen MR) is 97.0 cm³/mol. The molecule has 0 spiro atoms. The van der Waals surface area contributed by atoms with Crippen LogP contribution in [0.2, 0.25) is 0 Å². The molecule has 0 saturated carbocycles. The van der Waals surface area contributed by atoms with Gasteiger partial charge in [0.25, 0.3) is 0 Å². The number of nitrogens with one attached hydrogen (secondary N) is 2. The fourth-order valence-corrected chi connectivity index (χ4v) is 2.63. The zero-order valence-electron chi connectivity index (χ0n) is 15.2. The van der Waals surface area contributed by atoms with Crippen molar-refractivity contribution in [2.45, 2.75) is 44.9 Å². The fourth-order valence-electron chi connectivity index (χ4n) is 2.14. The van der Waals surface area contributed by atoms with Crippen molar-refractivity contribution in [1.29, 1.82) is 0 Å². The first-order chi connectivity index (χ1) is 11.5. The molecule has 0 saturated heterocycles. The Morgan fingerprint density at radius 1 is 1.24 bits per heavy atom. The molecule has 2 atom stereocenters. The van der Waals surface area contributed by atoms with Crippen molar-refractivity contribution < 1.29 is 23.1 Å². The number of alkyl carbamates (subject to hydrolysis) is 1. The van der Waals surface area contributed by atoms with Crippen LogP contribution in [0.25, 0.3) is 0 Å². The van der Waals surface area contributed by atoms with Crippen LogP contribution in [0, 0.1) is 0 Å². The second kappa shape index (κ2) is 9.17. The molecule has 0 radical (unpaired) electrons. The lowest BCUT2D eigenvalue weighted by molar-refractivity contribution is 0.0423. The molecule has 0 aliphatic rings. The summed E-state index contributed by atoms with van der Waals surface area (Å²) in [5.41, 5.74) is 0.284. The number of hydrogen-bond donors (Lipinski definition) is 3. The molecule has 0 heterocycles. The Balaban J connectivity index is 2.74. The molecule has 8 heteroatoms. The van der Waals surface area contributed by atoms with E-state index in [9.17, 15) is 18.3 Å². The molecule has 25 heavy (non-hydrogen) atoms. The Labute approximate surface area is 149 Å². The molecule has 142 valence electrons. The van der Waals surface area contributed by atoms with Crippen LogP contribution in [-0.4, -0.2) is 56.0 Å². The third kappa shape index (κ3) is 10.1. The highest BCUT2D eigenvalue weighted by atomic mass is 32.2. The minimum atomic E-state index is -3.19. The van der Waals surface area contributed by atoms with Gasteiger partial charge in [-0.2, -0.15) is 0 Å². The van der Waals surface area contributed by atoms with Crippen LogP contribution in [0.3, 0.4) is 0 Å². The summed E-state index contributed by atoms with van der Waals surface area (Å²) >= 11 is 0. The Kier molecular flexibility index (Phi) is 7.85. The van der Waals surface area contributed by atoms with Gasteiger partial charge in [-0.25, -0.2) is 13.2 Å². The van der Waals surface area contributed by atoms with Gasteiger partial charge in [-0.3, -0.25) is 0 Å². The number of ether oxygens (including phenoxy) is 1. The average Bonchev–Trinajstić information content (AvgIpc) is 2.44. The zero-order valence-corrected chi connectivity index (χ0v) is 16.0. The van der Waals surface area contributed by atoms with E-state index < -0.39 is 33.7 Å². The summed E-state index contributed by atoms with van der Waals surface area (Å²) in [6.07, 6.45) is -0.112. The minimum absolute atomic E-state index is 0.0281. The van der Waals surface area contributed by atoms with Crippen LogP contribution in [0.5, 0.6) is 0 Å². The smallest absolute Gasteiger partial charge is 0.407 e. The average molecular weight is 372 g/mol. The number of carbonyl (C=O) groups is 1. The number of aliphatic hydroxyl groups is 1. The van der Waals surface area contributed by atoms with E-state index in [1.807, 2.05) is 30.3 Å². The van der Waals surface area contributed by atoms with Gasteiger partial charge in [0.05, 0.1) is 18.0 Å². The third-order valence-corrected chi connectivity index (χ3v) is 3.91. The SMILES string of the molecule is CC(C)(C)OC(=O)N[C@H](Cc1ccccc1)[C@@H](O)CNCS(C)(=O)=O. The summed E-state index contributed by atoms with van der Waals surface area (Å²) in [5, 5.41) is 15.7. The Bertz CT molecular complexity index is 641. The van der Waals surface area contributed by atoms with Gasteiger partial charge in [-0.1, -0.05) is 30.3 Å². The van der Waals surface area contributed by atoms with E-state index in [1.54, 1.807) is 20.8 Å². The molecule has 0 aromatic heterocycles. The normalized spacial score (nSPS) is 14.6. The van der Waals surface area contributed by atoms with Crippen LogP contribution in [0.1, 0.15) is 26.3 Å². The molecule has 0 aliphatic carbocycles. The van der Waals surface area contributed by atoms with Gasteiger partial charge in [0, 0.05) is 12.8 Å². The number of benzene rings is 1. The summed E-state index contributed by atoms with van der Waals surface area (Å²) in [6, 6.07) is 8.77. The molecule has 1 aromatic carbocycles. The van der Waals surface area contributed by atoms with Gasteiger partial charge in [0.2, 0.25) is 0 Å². The van der Waals surface area contributed by atoms with Crippen molar-refractivity contribution in [2.24, 2.45) is 0 Å². The number of carbonyl (C=O) groups excluding carboxylic acids is 1. The highest BCUT2D eigenvalue weighted by Gasteiger charge is 2.25. The molecule has 1 amide bonds. The summed E-state index contributed by atoms with van der Waals surface area (Å²) in [4.78, 5) is 12.0. The van der Waals surface area contributed by atoms with Crippen molar-refractivity contribution in [2.75, 3.05) is 18.7 Å². The van der Waals surface area contributed by atoms with Crippen molar-refractivity contribution in [3.8, 4) is 0 Å². The number of rotatable bonds is 8. The van der Waals surface area contributed by atoms with Crippen LogP contribution < -0.4 is 10.6 Å². The molecule has 0 bridgehead atoms. The zero-order chi connectivity index (χ0) is 19.1. The molecular formula is C17H28N2O5S. The lowest BCUT2D eigenvalue weighted by Gasteiger charge is -2.27. The lowest BCUT2D eigenvalue weighted by Crippen LogP contribution is -2.50. The quantitative estimate of drug-likeness (QED) is 0.631. The number of sulfone groups is 1. The summed E-state index contributed by atoms with van der Waals surface area (Å²) in [6.45, 7) is 5.29. The summed E-state index contributed by atoms with van der Waals surface area (Å²) < 4.78 is 27.6. The van der Waals surface area contributed by atoms with E-state index in [4.69, 9.17) is 4.74 Å². The molecule has 0 fully saturated rings. The Morgan fingerprint density at radius 3 is 2.36 bits per heavy atom. The number of hydrogen-bond acceptors (Lipinski definition) is 6. The van der Waals surface area contributed by atoms with E-state index in [2.05, 4.69) is 10.6 Å². The monoisotopic (exact) mass is 372 g/mol. The van der Waals surface area contributed by atoms with E-state index in [-0.39, 0.29) is 12.4 Å². The van der Waals surface area contributed by atoms with Crippen molar-refractivity contribution in [3.63, 3.8) is 0 Å². The maximum Gasteiger partial charge on any atom is 0.407 e. The topological polar surface area (TPSA) is 105 Å². The maximum atomic E-state index is 12.0.